The fraction of sp³-hybridized carbons (Fsp3) is 0.667. The molecule has 2 unspecified atom stereocenters. The molecule has 2 saturated heterocycles. The van der Waals surface area contributed by atoms with Gasteiger partial charge in [0, 0.05) is 25.7 Å². The van der Waals surface area contributed by atoms with Gasteiger partial charge < -0.3 is 18.9 Å². The Labute approximate surface area is 105 Å². The molecule has 0 aromatic heterocycles. The predicted molar refractivity (Wildman–Crippen MR) is 60.1 cm³/mol. The average molecular weight is 256 g/mol. The third kappa shape index (κ3) is 3.94. The highest BCUT2D eigenvalue weighted by atomic mass is 16.7. The van der Waals surface area contributed by atoms with E-state index in [1.165, 1.54) is 0 Å². The molecular formula is C12H16O6. The number of carbonyl (C=O) groups is 2. The van der Waals surface area contributed by atoms with Crippen molar-refractivity contribution in [1.82, 2.24) is 0 Å². The third-order valence-electron chi connectivity index (χ3n) is 2.81. The maximum Gasteiger partial charge on any atom is 0.508 e. The van der Waals surface area contributed by atoms with Crippen LogP contribution in [-0.2, 0) is 18.9 Å². The van der Waals surface area contributed by atoms with Crippen molar-refractivity contribution in [3.05, 3.63) is 12.2 Å². The largest absolute Gasteiger partial charge is 0.508 e. The van der Waals surface area contributed by atoms with Crippen LogP contribution in [0.15, 0.2) is 12.2 Å². The highest BCUT2D eigenvalue weighted by molar-refractivity contribution is 5.61. The van der Waals surface area contributed by atoms with Crippen molar-refractivity contribution >= 4 is 12.3 Å². The van der Waals surface area contributed by atoms with Crippen molar-refractivity contribution < 1.29 is 28.5 Å². The molecule has 0 saturated carbocycles. The van der Waals surface area contributed by atoms with Crippen LogP contribution < -0.4 is 0 Å². The Bertz CT molecular complexity index is 305. The summed E-state index contributed by atoms with van der Waals surface area (Å²) in [6.45, 7) is 0.823. The fourth-order valence-electron chi connectivity index (χ4n) is 1.83. The number of cyclic esters (lactones) is 4. The molecule has 0 bridgehead atoms. The molecule has 0 radical (unpaired) electrons. The molecule has 2 aliphatic rings. The Hall–Kier alpha value is -1.72. The molecule has 0 aliphatic carbocycles. The summed E-state index contributed by atoms with van der Waals surface area (Å²) in [5, 5.41) is 0. The lowest BCUT2D eigenvalue weighted by molar-refractivity contribution is -0.0231. The molecule has 6 nitrogen and oxygen atoms in total. The Morgan fingerprint density at radius 2 is 1.33 bits per heavy atom. The lowest BCUT2D eigenvalue weighted by Gasteiger charge is -2.21. The molecule has 2 rings (SSSR count). The van der Waals surface area contributed by atoms with Crippen LogP contribution in [-0.4, -0.2) is 37.7 Å². The predicted octanol–water partition coefficient (Wildman–Crippen LogP) is 2.17. The van der Waals surface area contributed by atoms with Gasteiger partial charge in [-0.2, -0.15) is 0 Å². The third-order valence-corrected chi connectivity index (χ3v) is 2.81. The standard InChI is InChI=1S/C12H16O6/c13-11-15-7-5-9(17-11)3-1-2-4-10-6-8-16-12(14)18-10/h1-2,9-10H,3-8H2/b2-1-. The van der Waals surface area contributed by atoms with Crippen LogP contribution in [0.3, 0.4) is 0 Å². The van der Waals surface area contributed by atoms with Gasteiger partial charge in [0.25, 0.3) is 0 Å². The first kappa shape index (κ1) is 12.7. The highest BCUT2D eigenvalue weighted by Gasteiger charge is 2.21. The van der Waals surface area contributed by atoms with Gasteiger partial charge in [-0.15, -0.1) is 0 Å². The lowest BCUT2D eigenvalue weighted by Crippen LogP contribution is -2.27. The fourth-order valence-corrected chi connectivity index (χ4v) is 1.83. The van der Waals surface area contributed by atoms with Crippen molar-refractivity contribution in [3.8, 4) is 0 Å². The van der Waals surface area contributed by atoms with Crippen LogP contribution in [0.1, 0.15) is 25.7 Å². The summed E-state index contributed by atoms with van der Waals surface area (Å²) in [5.41, 5.74) is 0. The summed E-state index contributed by atoms with van der Waals surface area (Å²) in [6, 6.07) is 0. The van der Waals surface area contributed by atoms with Gasteiger partial charge in [0.05, 0.1) is 13.2 Å². The molecule has 0 amide bonds. The zero-order valence-corrected chi connectivity index (χ0v) is 10.0. The number of hydrogen-bond donors (Lipinski definition) is 0. The summed E-state index contributed by atoms with van der Waals surface area (Å²) in [5.74, 6) is 0. The quantitative estimate of drug-likeness (QED) is 0.567. The zero-order valence-electron chi connectivity index (χ0n) is 10.0. The maximum absolute atomic E-state index is 10.8. The first-order valence-electron chi connectivity index (χ1n) is 6.06. The summed E-state index contributed by atoms with van der Waals surface area (Å²) < 4.78 is 19.3. The Morgan fingerprint density at radius 3 is 1.72 bits per heavy atom. The molecule has 2 fully saturated rings. The molecule has 2 heterocycles. The second kappa shape index (κ2) is 6.28. The maximum atomic E-state index is 10.8. The topological polar surface area (TPSA) is 71.1 Å². The van der Waals surface area contributed by atoms with Crippen molar-refractivity contribution in [2.24, 2.45) is 0 Å². The van der Waals surface area contributed by atoms with Crippen molar-refractivity contribution in [1.29, 1.82) is 0 Å². The van der Waals surface area contributed by atoms with E-state index >= 15 is 0 Å². The van der Waals surface area contributed by atoms with Crippen LogP contribution in [0.4, 0.5) is 9.59 Å². The van der Waals surface area contributed by atoms with E-state index < -0.39 is 12.3 Å². The molecule has 0 aromatic carbocycles. The number of rotatable bonds is 4. The molecule has 0 aromatic rings. The smallest absolute Gasteiger partial charge is 0.434 e. The van der Waals surface area contributed by atoms with Gasteiger partial charge in [0.15, 0.2) is 0 Å². The Morgan fingerprint density at radius 1 is 0.889 bits per heavy atom. The number of carbonyl (C=O) groups excluding carboxylic acids is 2. The number of ether oxygens (including phenoxy) is 4. The molecule has 18 heavy (non-hydrogen) atoms. The van der Waals surface area contributed by atoms with Crippen LogP contribution in [0.25, 0.3) is 0 Å². The lowest BCUT2D eigenvalue weighted by atomic mass is 10.1. The van der Waals surface area contributed by atoms with Crippen LogP contribution in [0, 0.1) is 0 Å². The van der Waals surface area contributed by atoms with E-state index in [0.29, 0.717) is 38.9 Å². The summed E-state index contributed by atoms with van der Waals surface area (Å²) in [6.07, 6.45) is 5.19. The summed E-state index contributed by atoms with van der Waals surface area (Å²) >= 11 is 0. The van der Waals surface area contributed by atoms with Crippen LogP contribution in [0.2, 0.25) is 0 Å². The average Bonchev–Trinajstić information content (AvgIpc) is 2.35. The number of hydrogen-bond acceptors (Lipinski definition) is 6. The van der Waals surface area contributed by atoms with Crippen molar-refractivity contribution in [3.63, 3.8) is 0 Å². The van der Waals surface area contributed by atoms with Crippen LogP contribution in [0.5, 0.6) is 0 Å². The van der Waals surface area contributed by atoms with E-state index in [0.717, 1.165) is 0 Å². The first-order valence-corrected chi connectivity index (χ1v) is 6.06. The summed E-state index contributed by atoms with van der Waals surface area (Å²) in [4.78, 5) is 21.7. The van der Waals surface area contributed by atoms with E-state index in [9.17, 15) is 9.59 Å². The van der Waals surface area contributed by atoms with Gasteiger partial charge in [-0.1, -0.05) is 12.2 Å². The molecule has 0 spiro atoms. The van der Waals surface area contributed by atoms with E-state index in [4.69, 9.17) is 9.47 Å². The second-order valence-corrected chi connectivity index (χ2v) is 4.20. The molecule has 100 valence electrons. The SMILES string of the molecule is O=C1OCCC(C/C=C\CC2CCOC(=O)O2)O1. The normalized spacial score (nSPS) is 28.2. The Balaban J connectivity index is 1.65. The summed E-state index contributed by atoms with van der Waals surface area (Å²) in [7, 11) is 0. The van der Waals surface area contributed by atoms with E-state index in [-0.39, 0.29) is 12.2 Å². The minimum atomic E-state index is -0.599. The highest BCUT2D eigenvalue weighted by Crippen LogP contribution is 2.15. The molecule has 6 heteroatoms. The molecule has 0 N–H and O–H groups in total. The van der Waals surface area contributed by atoms with Gasteiger partial charge in [-0.3, -0.25) is 0 Å². The van der Waals surface area contributed by atoms with Crippen molar-refractivity contribution in [2.75, 3.05) is 13.2 Å². The molecule has 2 atom stereocenters. The van der Waals surface area contributed by atoms with Gasteiger partial charge in [-0.05, 0) is 0 Å². The second-order valence-electron chi connectivity index (χ2n) is 4.20. The van der Waals surface area contributed by atoms with Crippen molar-refractivity contribution in [2.45, 2.75) is 37.9 Å². The van der Waals surface area contributed by atoms with E-state index in [1.54, 1.807) is 0 Å². The minimum absolute atomic E-state index is 0.111. The monoisotopic (exact) mass is 256 g/mol. The van der Waals surface area contributed by atoms with Gasteiger partial charge in [0.1, 0.15) is 12.2 Å². The first-order chi connectivity index (χ1) is 8.74. The van der Waals surface area contributed by atoms with Gasteiger partial charge in [0.2, 0.25) is 0 Å². The molecular weight excluding hydrogens is 240 g/mol. The molecule has 2 aliphatic heterocycles. The van der Waals surface area contributed by atoms with E-state index in [1.807, 2.05) is 12.2 Å². The van der Waals surface area contributed by atoms with E-state index in [2.05, 4.69) is 9.47 Å². The van der Waals surface area contributed by atoms with Gasteiger partial charge in [-0.25, -0.2) is 9.59 Å². The minimum Gasteiger partial charge on any atom is -0.434 e. The van der Waals surface area contributed by atoms with Gasteiger partial charge >= 0.3 is 12.3 Å². The zero-order chi connectivity index (χ0) is 12.8. The Kier molecular flexibility index (Phi) is 4.44. The van der Waals surface area contributed by atoms with Crippen LogP contribution >= 0.6 is 0 Å².